The van der Waals surface area contributed by atoms with Crippen molar-refractivity contribution < 1.29 is 9.32 Å². The van der Waals surface area contributed by atoms with Crippen molar-refractivity contribution >= 4 is 6.03 Å². The van der Waals surface area contributed by atoms with Gasteiger partial charge in [-0.1, -0.05) is 12.1 Å². The smallest absolute Gasteiger partial charge is 0.317 e. The van der Waals surface area contributed by atoms with Crippen LogP contribution in [0.15, 0.2) is 4.52 Å². The second-order valence-corrected chi connectivity index (χ2v) is 5.39. The highest BCUT2D eigenvalue weighted by atomic mass is 16.5. The summed E-state index contributed by atoms with van der Waals surface area (Å²) in [6.07, 6.45) is 2.74. The van der Waals surface area contributed by atoms with Crippen molar-refractivity contribution in [3.8, 4) is 0 Å². The van der Waals surface area contributed by atoms with E-state index in [1.54, 1.807) is 6.92 Å². The lowest BCUT2D eigenvalue weighted by Gasteiger charge is -2.36. The molecular weight excluding hydrogens is 244 g/mol. The molecule has 0 bridgehead atoms. The number of urea groups is 1. The van der Waals surface area contributed by atoms with E-state index in [-0.39, 0.29) is 6.03 Å². The van der Waals surface area contributed by atoms with Crippen LogP contribution in [-0.4, -0.2) is 40.2 Å². The molecule has 0 saturated carbocycles. The summed E-state index contributed by atoms with van der Waals surface area (Å²) in [5.41, 5.74) is 0. The van der Waals surface area contributed by atoms with Gasteiger partial charge >= 0.3 is 6.03 Å². The van der Waals surface area contributed by atoms with Gasteiger partial charge in [0.05, 0.1) is 0 Å². The van der Waals surface area contributed by atoms with Crippen LogP contribution < -0.4 is 5.32 Å². The number of hydrogen-bond donors (Lipinski definition) is 1. The maximum Gasteiger partial charge on any atom is 0.317 e. The molecule has 1 saturated heterocycles. The second kappa shape index (κ2) is 6.04. The predicted octanol–water partition coefficient (Wildman–Crippen LogP) is 1.75. The number of nitrogens with one attached hydrogen (secondary N) is 1. The van der Waals surface area contributed by atoms with Crippen LogP contribution in [0, 0.1) is 12.8 Å². The van der Waals surface area contributed by atoms with E-state index in [1.165, 1.54) is 0 Å². The van der Waals surface area contributed by atoms with E-state index in [1.807, 2.05) is 4.90 Å². The molecular formula is C13H22N4O2. The molecule has 1 aliphatic heterocycles. The van der Waals surface area contributed by atoms with Crippen LogP contribution in [-0.2, 0) is 6.42 Å². The molecule has 2 amide bonds. The molecule has 1 N–H and O–H groups in total. The molecule has 2 heterocycles. The largest absolute Gasteiger partial charge is 0.339 e. The zero-order valence-corrected chi connectivity index (χ0v) is 11.8. The van der Waals surface area contributed by atoms with Gasteiger partial charge in [0, 0.05) is 25.6 Å². The number of hydrogen-bond acceptors (Lipinski definition) is 4. The Kier molecular flexibility index (Phi) is 4.39. The Morgan fingerprint density at radius 1 is 1.53 bits per heavy atom. The van der Waals surface area contributed by atoms with Gasteiger partial charge in [-0.25, -0.2) is 4.79 Å². The Morgan fingerprint density at radius 3 is 2.95 bits per heavy atom. The van der Waals surface area contributed by atoms with E-state index in [9.17, 15) is 4.79 Å². The summed E-state index contributed by atoms with van der Waals surface area (Å²) in [6, 6.07) is 0.324. The Morgan fingerprint density at radius 2 is 2.32 bits per heavy atom. The van der Waals surface area contributed by atoms with E-state index in [0.29, 0.717) is 36.6 Å². The van der Waals surface area contributed by atoms with E-state index in [0.717, 1.165) is 19.4 Å². The van der Waals surface area contributed by atoms with Gasteiger partial charge in [0.2, 0.25) is 5.89 Å². The number of amides is 2. The zero-order valence-electron chi connectivity index (χ0n) is 11.8. The Labute approximate surface area is 113 Å². The summed E-state index contributed by atoms with van der Waals surface area (Å²) in [7, 11) is 0. The highest BCUT2D eigenvalue weighted by Gasteiger charge is 2.26. The fraction of sp³-hybridized carbons (Fsp3) is 0.769. The van der Waals surface area contributed by atoms with Crippen LogP contribution in [0.2, 0.25) is 0 Å². The summed E-state index contributed by atoms with van der Waals surface area (Å²) in [5, 5.41) is 6.63. The van der Waals surface area contributed by atoms with Crippen LogP contribution in [0.1, 0.15) is 38.4 Å². The topological polar surface area (TPSA) is 71.3 Å². The first kappa shape index (κ1) is 13.8. The first-order valence-electron chi connectivity index (χ1n) is 6.90. The van der Waals surface area contributed by atoms with E-state index in [4.69, 9.17) is 4.52 Å². The van der Waals surface area contributed by atoms with Gasteiger partial charge < -0.3 is 14.7 Å². The first-order chi connectivity index (χ1) is 9.06. The first-order valence-corrected chi connectivity index (χ1v) is 6.90. The molecule has 106 valence electrons. The third kappa shape index (κ3) is 3.68. The summed E-state index contributed by atoms with van der Waals surface area (Å²) >= 11 is 0. The Hall–Kier alpha value is -1.59. The summed E-state index contributed by atoms with van der Waals surface area (Å²) < 4.78 is 5.00. The molecule has 1 aliphatic rings. The number of aryl methyl sites for hydroxylation is 1. The van der Waals surface area contributed by atoms with E-state index < -0.39 is 0 Å². The van der Waals surface area contributed by atoms with Gasteiger partial charge in [-0.2, -0.15) is 4.98 Å². The fourth-order valence-electron chi connectivity index (χ4n) is 2.53. The summed E-state index contributed by atoms with van der Waals surface area (Å²) in [4.78, 5) is 18.1. The third-order valence-corrected chi connectivity index (χ3v) is 3.58. The van der Waals surface area contributed by atoms with Crippen LogP contribution >= 0.6 is 0 Å². The molecule has 2 atom stereocenters. The number of nitrogens with zero attached hydrogens (tertiary/aromatic N) is 3. The van der Waals surface area contributed by atoms with Crippen molar-refractivity contribution in [1.29, 1.82) is 0 Å². The molecule has 6 heteroatoms. The SMILES string of the molecule is Cc1noc(CCNC(=O)N2CC[C@H](C)C[C@@H]2C)n1. The van der Waals surface area contributed by atoms with Crippen molar-refractivity contribution in [1.82, 2.24) is 20.4 Å². The number of piperidine rings is 1. The minimum atomic E-state index is 0.00985. The summed E-state index contributed by atoms with van der Waals surface area (Å²) in [6.45, 7) is 7.50. The van der Waals surface area contributed by atoms with Gasteiger partial charge in [0.25, 0.3) is 0 Å². The molecule has 1 aromatic heterocycles. The highest BCUT2D eigenvalue weighted by Crippen LogP contribution is 2.21. The number of rotatable bonds is 3. The molecule has 0 aromatic carbocycles. The second-order valence-electron chi connectivity index (χ2n) is 5.39. The van der Waals surface area contributed by atoms with Crippen molar-refractivity contribution in [2.24, 2.45) is 5.92 Å². The van der Waals surface area contributed by atoms with E-state index in [2.05, 4.69) is 29.3 Å². The standard InChI is InChI=1S/C13H22N4O2/c1-9-5-7-17(10(2)8-9)13(18)14-6-4-12-15-11(3)16-19-12/h9-10H,4-8H2,1-3H3,(H,14,18)/t9-,10-/m0/s1. The van der Waals surface area contributed by atoms with Crippen LogP contribution in [0.3, 0.4) is 0 Å². The van der Waals surface area contributed by atoms with Crippen LogP contribution in [0.4, 0.5) is 4.79 Å². The van der Waals surface area contributed by atoms with Gasteiger partial charge in [-0.3, -0.25) is 0 Å². The van der Waals surface area contributed by atoms with Crippen LogP contribution in [0.25, 0.3) is 0 Å². The van der Waals surface area contributed by atoms with Gasteiger partial charge in [0.1, 0.15) is 0 Å². The average Bonchev–Trinajstić information content (AvgIpc) is 2.75. The van der Waals surface area contributed by atoms with Crippen molar-refractivity contribution in [2.75, 3.05) is 13.1 Å². The molecule has 0 spiro atoms. The maximum atomic E-state index is 12.1. The molecule has 19 heavy (non-hydrogen) atoms. The molecule has 1 fully saturated rings. The van der Waals surface area contributed by atoms with Gasteiger partial charge in [-0.15, -0.1) is 0 Å². The quantitative estimate of drug-likeness (QED) is 0.904. The number of carbonyl (C=O) groups is 1. The minimum absolute atomic E-state index is 0.00985. The lowest BCUT2D eigenvalue weighted by Crippen LogP contribution is -2.49. The highest BCUT2D eigenvalue weighted by molar-refractivity contribution is 5.74. The molecule has 0 radical (unpaired) electrons. The Bertz CT molecular complexity index is 432. The zero-order chi connectivity index (χ0) is 13.8. The van der Waals surface area contributed by atoms with Crippen molar-refractivity contribution in [3.05, 3.63) is 11.7 Å². The molecule has 2 rings (SSSR count). The van der Waals surface area contributed by atoms with Crippen LogP contribution in [0.5, 0.6) is 0 Å². The number of aromatic nitrogens is 2. The van der Waals surface area contributed by atoms with Gasteiger partial charge in [0.15, 0.2) is 5.82 Å². The minimum Gasteiger partial charge on any atom is -0.339 e. The predicted molar refractivity (Wildman–Crippen MR) is 70.7 cm³/mol. The van der Waals surface area contributed by atoms with Crippen molar-refractivity contribution in [3.63, 3.8) is 0 Å². The molecule has 6 nitrogen and oxygen atoms in total. The van der Waals surface area contributed by atoms with Crippen molar-refractivity contribution in [2.45, 2.75) is 46.1 Å². The Balaban J connectivity index is 1.75. The molecule has 0 unspecified atom stereocenters. The fourth-order valence-corrected chi connectivity index (χ4v) is 2.53. The normalized spacial score (nSPS) is 23.4. The number of likely N-dealkylation sites (tertiary alicyclic amines) is 1. The van der Waals surface area contributed by atoms with Gasteiger partial charge in [-0.05, 0) is 32.6 Å². The third-order valence-electron chi connectivity index (χ3n) is 3.58. The maximum absolute atomic E-state index is 12.1. The monoisotopic (exact) mass is 266 g/mol. The van der Waals surface area contributed by atoms with E-state index >= 15 is 0 Å². The molecule has 0 aliphatic carbocycles. The average molecular weight is 266 g/mol. The lowest BCUT2D eigenvalue weighted by molar-refractivity contribution is 0.139. The number of carbonyl (C=O) groups excluding carboxylic acids is 1. The lowest BCUT2D eigenvalue weighted by atomic mass is 9.94. The summed E-state index contributed by atoms with van der Waals surface area (Å²) in [5.74, 6) is 1.90. The molecule has 1 aromatic rings.